The van der Waals surface area contributed by atoms with Crippen LogP contribution >= 0.6 is 11.3 Å². The number of thiophene rings is 1. The lowest BCUT2D eigenvalue weighted by Gasteiger charge is -2.10. The van der Waals surface area contributed by atoms with E-state index < -0.39 is 12.0 Å². The Bertz CT molecular complexity index is 508. The fraction of sp³-hybridized carbons (Fsp3) is 0.154. The first-order chi connectivity index (χ1) is 8.16. The van der Waals surface area contributed by atoms with E-state index in [-0.39, 0.29) is 6.42 Å². The number of hydrogen-bond donors (Lipinski definition) is 2. The first-order valence-electron chi connectivity index (χ1n) is 5.28. The van der Waals surface area contributed by atoms with Crippen molar-refractivity contribution in [3.05, 3.63) is 47.3 Å². The number of rotatable bonds is 4. The zero-order valence-electron chi connectivity index (χ0n) is 9.17. The highest BCUT2D eigenvalue weighted by atomic mass is 32.1. The molecule has 2 rings (SSSR count). The summed E-state index contributed by atoms with van der Waals surface area (Å²) in [5, 5.41) is 10.7. The Morgan fingerprint density at radius 1 is 1.35 bits per heavy atom. The van der Waals surface area contributed by atoms with Crippen LogP contribution in [0.15, 0.2) is 41.8 Å². The standard InChI is InChI=1S/C13H13NO2S/c14-11(8-13(15)16)9-3-1-4-10(7-9)12-5-2-6-17-12/h1-7,11H,8,14H2,(H,15,16). The van der Waals surface area contributed by atoms with Gasteiger partial charge in [-0.15, -0.1) is 11.3 Å². The minimum absolute atomic E-state index is 0.0477. The van der Waals surface area contributed by atoms with Crippen molar-refractivity contribution in [3.63, 3.8) is 0 Å². The quantitative estimate of drug-likeness (QED) is 0.873. The summed E-state index contributed by atoms with van der Waals surface area (Å²) in [6.45, 7) is 0. The summed E-state index contributed by atoms with van der Waals surface area (Å²) in [5.74, 6) is -0.876. The van der Waals surface area contributed by atoms with Gasteiger partial charge >= 0.3 is 5.97 Å². The summed E-state index contributed by atoms with van der Waals surface area (Å²) >= 11 is 1.65. The molecule has 17 heavy (non-hydrogen) atoms. The van der Waals surface area contributed by atoms with Crippen LogP contribution < -0.4 is 5.73 Å². The van der Waals surface area contributed by atoms with Crippen molar-refractivity contribution < 1.29 is 9.90 Å². The fourth-order valence-corrected chi connectivity index (χ4v) is 2.40. The van der Waals surface area contributed by atoms with Crippen molar-refractivity contribution in [1.82, 2.24) is 0 Å². The third kappa shape index (κ3) is 2.93. The fourth-order valence-electron chi connectivity index (χ4n) is 1.67. The number of carboxylic acids is 1. The third-order valence-corrected chi connectivity index (χ3v) is 3.43. The first-order valence-corrected chi connectivity index (χ1v) is 6.16. The van der Waals surface area contributed by atoms with Crippen LogP contribution in [0.2, 0.25) is 0 Å². The Kier molecular flexibility index (Phi) is 3.56. The molecular formula is C13H13NO2S. The predicted octanol–water partition coefficient (Wildman–Crippen LogP) is 2.89. The van der Waals surface area contributed by atoms with Gasteiger partial charge in [-0.05, 0) is 28.6 Å². The van der Waals surface area contributed by atoms with Crippen LogP contribution in [0.4, 0.5) is 0 Å². The predicted molar refractivity (Wildman–Crippen MR) is 68.9 cm³/mol. The molecular weight excluding hydrogens is 234 g/mol. The van der Waals surface area contributed by atoms with Gasteiger partial charge in [0.2, 0.25) is 0 Å². The number of hydrogen-bond acceptors (Lipinski definition) is 3. The molecule has 1 heterocycles. The molecule has 0 aliphatic rings. The molecule has 0 saturated carbocycles. The van der Waals surface area contributed by atoms with Crippen LogP contribution in [0.3, 0.4) is 0 Å². The average Bonchev–Trinajstić information content (AvgIpc) is 2.82. The normalized spacial score (nSPS) is 12.3. The van der Waals surface area contributed by atoms with E-state index in [1.807, 2.05) is 41.8 Å². The van der Waals surface area contributed by atoms with Crippen molar-refractivity contribution in [1.29, 1.82) is 0 Å². The second-order valence-corrected chi connectivity index (χ2v) is 4.75. The van der Waals surface area contributed by atoms with E-state index in [4.69, 9.17) is 10.8 Å². The number of carboxylic acid groups (broad SMARTS) is 1. The van der Waals surface area contributed by atoms with Crippen LogP contribution in [-0.2, 0) is 4.79 Å². The molecule has 0 saturated heterocycles. The number of benzene rings is 1. The van der Waals surface area contributed by atoms with Gasteiger partial charge in [0.25, 0.3) is 0 Å². The highest BCUT2D eigenvalue weighted by molar-refractivity contribution is 7.13. The van der Waals surface area contributed by atoms with Crippen molar-refractivity contribution in [2.75, 3.05) is 0 Å². The minimum atomic E-state index is -0.876. The zero-order chi connectivity index (χ0) is 12.3. The maximum atomic E-state index is 10.6. The van der Waals surface area contributed by atoms with Gasteiger partial charge < -0.3 is 10.8 Å². The Morgan fingerprint density at radius 2 is 2.18 bits per heavy atom. The second-order valence-electron chi connectivity index (χ2n) is 3.81. The van der Waals surface area contributed by atoms with Gasteiger partial charge in [0, 0.05) is 10.9 Å². The lowest BCUT2D eigenvalue weighted by atomic mass is 10.0. The van der Waals surface area contributed by atoms with Crippen LogP contribution in [-0.4, -0.2) is 11.1 Å². The molecule has 3 N–H and O–H groups in total. The van der Waals surface area contributed by atoms with E-state index in [2.05, 4.69) is 0 Å². The topological polar surface area (TPSA) is 63.3 Å². The Morgan fingerprint density at radius 3 is 2.82 bits per heavy atom. The molecule has 0 spiro atoms. The molecule has 0 amide bonds. The Balaban J connectivity index is 2.25. The van der Waals surface area contributed by atoms with Crippen molar-refractivity contribution in [3.8, 4) is 10.4 Å². The van der Waals surface area contributed by atoms with Gasteiger partial charge in [0.05, 0.1) is 6.42 Å². The zero-order valence-corrected chi connectivity index (χ0v) is 9.98. The largest absolute Gasteiger partial charge is 0.481 e. The molecule has 0 aliphatic heterocycles. The van der Waals surface area contributed by atoms with Gasteiger partial charge in [-0.25, -0.2) is 0 Å². The molecule has 0 bridgehead atoms. The average molecular weight is 247 g/mol. The lowest BCUT2D eigenvalue weighted by molar-refractivity contribution is -0.137. The lowest BCUT2D eigenvalue weighted by Crippen LogP contribution is -2.14. The Hall–Kier alpha value is -1.65. The molecule has 1 aromatic heterocycles. The molecule has 0 radical (unpaired) electrons. The smallest absolute Gasteiger partial charge is 0.305 e. The summed E-state index contributed by atoms with van der Waals surface area (Å²) < 4.78 is 0. The van der Waals surface area contributed by atoms with Gasteiger partial charge in [0.1, 0.15) is 0 Å². The van der Waals surface area contributed by atoms with E-state index in [1.165, 1.54) is 0 Å². The molecule has 88 valence electrons. The highest BCUT2D eigenvalue weighted by Gasteiger charge is 2.11. The summed E-state index contributed by atoms with van der Waals surface area (Å²) in [6, 6.07) is 11.3. The number of carbonyl (C=O) groups is 1. The SMILES string of the molecule is NC(CC(=O)O)c1cccc(-c2cccs2)c1. The highest BCUT2D eigenvalue weighted by Crippen LogP contribution is 2.27. The molecule has 0 aliphatic carbocycles. The molecule has 0 fully saturated rings. The monoisotopic (exact) mass is 247 g/mol. The van der Waals surface area contributed by atoms with Crippen molar-refractivity contribution in [2.24, 2.45) is 5.73 Å². The van der Waals surface area contributed by atoms with Gasteiger partial charge in [0.15, 0.2) is 0 Å². The number of aliphatic carboxylic acids is 1. The molecule has 3 nitrogen and oxygen atoms in total. The van der Waals surface area contributed by atoms with Gasteiger partial charge in [-0.2, -0.15) is 0 Å². The molecule has 2 aromatic rings. The van der Waals surface area contributed by atoms with Gasteiger partial charge in [-0.1, -0.05) is 24.3 Å². The first kappa shape index (κ1) is 11.8. The molecule has 1 aromatic carbocycles. The van der Waals surface area contributed by atoms with Gasteiger partial charge in [-0.3, -0.25) is 4.79 Å². The Labute approximate surface area is 104 Å². The summed E-state index contributed by atoms with van der Waals surface area (Å²) in [4.78, 5) is 11.8. The maximum absolute atomic E-state index is 10.6. The molecule has 1 unspecified atom stereocenters. The summed E-state index contributed by atoms with van der Waals surface area (Å²) in [5.41, 5.74) is 7.78. The van der Waals surface area contributed by atoms with E-state index >= 15 is 0 Å². The van der Waals surface area contributed by atoms with E-state index in [9.17, 15) is 4.79 Å². The second kappa shape index (κ2) is 5.12. The number of nitrogens with two attached hydrogens (primary N) is 1. The minimum Gasteiger partial charge on any atom is -0.481 e. The van der Waals surface area contributed by atoms with Crippen LogP contribution in [0, 0.1) is 0 Å². The van der Waals surface area contributed by atoms with Crippen LogP contribution in [0.5, 0.6) is 0 Å². The van der Waals surface area contributed by atoms with Crippen LogP contribution in [0.1, 0.15) is 18.0 Å². The summed E-state index contributed by atoms with van der Waals surface area (Å²) in [6.07, 6.45) is -0.0477. The van der Waals surface area contributed by atoms with E-state index in [1.54, 1.807) is 11.3 Å². The van der Waals surface area contributed by atoms with Crippen molar-refractivity contribution in [2.45, 2.75) is 12.5 Å². The van der Waals surface area contributed by atoms with Crippen molar-refractivity contribution >= 4 is 17.3 Å². The summed E-state index contributed by atoms with van der Waals surface area (Å²) in [7, 11) is 0. The van der Waals surface area contributed by atoms with Crippen LogP contribution in [0.25, 0.3) is 10.4 Å². The molecule has 1 atom stereocenters. The van der Waals surface area contributed by atoms with E-state index in [0.29, 0.717) is 0 Å². The molecule has 4 heteroatoms. The van der Waals surface area contributed by atoms with E-state index in [0.717, 1.165) is 16.0 Å². The maximum Gasteiger partial charge on any atom is 0.305 e. The third-order valence-electron chi connectivity index (χ3n) is 2.52.